The molecule has 4 nitrogen and oxygen atoms in total. The van der Waals surface area contributed by atoms with Crippen LogP contribution in [0.3, 0.4) is 0 Å². The molecule has 0 saturated carbocycles. The van der Waals surface area contributed by atoms with Gasteiger partial charge in [-0.15, -0.1) is 0 Å². The van der Waals surface area contributed by atoms with Crippen LogP contribution in [0.15, 0.2) is 18.2 Å². The Balaban J connectivity index is 2.51. The van der Waals surface area contributed by atoms with Crippen LogP contribution in [0.25, 0.3) is 0 Å². The van der Waals surface area contributed by atoms with Gasteiger partial charge in [0.1, 0.15) is 5.84 Å². The molecule has 1 aliphatic rings. The minimum absolute atomic E-state index is 0.0534. The third kappa shape index (κ3) is 2.45. The summed E-state index contributed by atoms with van der Waals surface area (Å²) >= 11 is 0. The number of benzene rings is 1. The average Bonchev–Trinajstić information content (AvgIpc) is 2.62. The van der Waals surface area contributed by atoms with Crippen LogP contribution in [0.5, 0.6) is 0 Å². The van der Waals surface area contributed by atoms with Gasteiger partial charge in [0.2, 0.25) is 0 Å². The molecule has 0 bridgehead atoms. The van der Waals surface area contributed by atoms with Crippen molar-refractivity contribution in [2.24, 2.45) is 0 Å². The molecule has 0 unspecified atom stereocenters. The smallest absolute Gasteiger partial charge is 0.279 e. The van der Waals surface area contributed by atoms with E-state index in [1.807, 2.05) is 19.9 Å². The van der Waals surface area contributed by atoms with Crippen LogP contribution in [0.4, 0.5) is 0 Å². The zero-order valence-electron chi connectivity index (χ0n) is 13.0. The summed E-state index contributed by atoms with van der Waals surface area (Å²) in [5, 5.41) is 11.2. The van der Waals surface area contributed by atoms with Crippen molar-refractivity contribution < 1.29 is 9.47 Å². The van der Waals surface area contributed by atoms with Crippen LogP contribution in [0, 0.1) is 5.41 Å². The second-order valence-corrected chi connectivity index (χ2v) is 5.99. The van der Waals surface area contributed by atoms with E-state index in [-0.39, 0.29) is 5.41 Å². The van der Waals surface area contributed by atoms with Crippen molar-refractivity contribution in [3.8, 4) is 0 Å². The summed E-state index contributed by atoms with van der Waals surface area (Å²) in [6.45, 7) is 11.4. The van der Waals surface area contributed by atoms with Gasteiger partial charge in [0, 0.05) is 24.3 Å². The Morgan fingerprint density at radius 3 is 2.25 bits per heavy atom. The van der Waals surface area contributed by atoms with Crippen molar-refractivity contribution >= 4 is 5.84 Å². The van der Waals surface area contributed by atoms with Gasteiger partial charge in [-0.3, -0.25) is 5.41 Å². The van der Waals surface area contributed by atoms with Crippen molar-refractivity contribution in [1.82, 2.24) is 5.32 Å². The predicted molar refractivity (Wildman–Crippen MR) is 80.0 cm³/mol. The molecule has 1 aromatic carbocycles. The SMILES string of the molecule is CCOC1(OCC)NC(=N)c2cc(C(C)(C)C)ccc21. The van der Waals surface area contributed by atoms with Gasteiger partial charge < -0.3 is 14.8 Å². The quantitative estimate of drug-likeness (QED) is 0.831. The largest absolute Gasteiger partial charge is 0.329 e. The Kier molecular flexibility index (Phi) is 3.89. The summed E-state index contributed by atoms with van der Waals surface area (Å²) in [5.41, 5.74) is 3.00. The van der Waals surface area contributed by atoms with E-state index in [1.54, 1.807) is 0 Å². The Morgan fingerprint density at radius 2 is 1.75 bits per heavy atom. The lowest BCUT2D eigenvalue weighted by Gasteiger charge is -2.30. The van der Waals surface area contributed by atoms with E-state index in [4.69, 9.17) is 14.9 Å². The molecule has 2 N–H and O–H groups in total. The molecule has 0 fully saturated rings. The molecule has 0 saturated heterocycles. The van der Waals surface area contributed by atoms with Gasteiger partial charge in [0.15, 0.2) is 0 Å². The van der Waals surface area contributed by atoms with E-state index >= 15 is 0 Å². The topological polar surface area (TPSA) is 54.3 Å². The Hall–Kier alpha value is -1.39. The van der Waals surface area contributed by atoms with Crippen LogP contribution >= 0.6 is 0 Å². The summed E-state index contributed by atoms with van der Waals surface area (Å²) in [7, 11) is 0. The fraction of sp³-hybridized carbons (Fsp3) is 0.562. The zero-order valence-corrected chi connectivity index (χ0v) is 13.0. The molecule has 0 atom stereocenters. The number of ether oxygens (including phenoxy) is 2. The van der Waals surface area contributed by atoms with E-state index in [1.165, 1.54) is 5.56 Å². The van der Waals surface area contributed by atoms with Crippen molar-refractivity contribution in [1.29, 1.82) is 5.41 Å². The van der Waals surface area contributed by atoms with E-state index in [0.717, 1.165) is 11.1 Å². The maximum absolute atomic E-state index is 8.17. The van der Waals surface area contributed by atoms with Gasteiger partial charge in [-0.25, -0.2) is 0 Å². The highest BCUT2D eigenvalue weighted by Gasteiger charge is 2.43. The fourth-order valence-electron chi connectivity index (χ4n) is 2.48. The first-order valence-corrected chi connectivity index (χ1v) is 7.14. The number of hydrogen-bond donors (Lipinski definition) is 2. The molecule has 110 valence electrons. The van der Waals surface area contributed by atoms with Crippen LogP contribution in [0.2, 0.25) is 0 Å². The fourth-order valence-corrected chi connectivity index (χ4v) is 2.48. The molecule has 1 aliphatic heterocycles. The Labute approximate surface area is 121 Å². The zero-order chi connectivity index (χ0) is 15.0. The van der Waals surface area contributed by atoms with Gasteiger partial charge in [0.25, 0.3) is 5.91 Å². The number of rotatable bonds is 4. The molecule has 0 spiro atoms. The standard InChI is InChI=1S/C16H24N2O2/c1-6-19-16(20-7-2)13-9-8-11(15(3,4)5)10-12(13)14(17)18-16/h8-10H,6-7H2,1-5H3,(H2,17,18). The highest BCUT2D eigenvalue weighted by molar-refractivity contribution is 6.01. The molecule has 20 heavy (non-hydrogen) atoms. The number of amidine groups is 1. The highest BCUT2D eigenvalue weighted by Crippen LogP contribution is 2.36. The third-order valence-corrected chi connectivity index (χ3v) is 3.49. The lowest BCUT2D eigenvalue weighted by Crippen LogP contribution is -2.44. The molecule has 2 rings (SSSR count). The molecule has 1 aromatic rings. The number of hydrogen-bond acceptors (Lipinski definition) is 3. The maximum atomic E-state index is 8.17. The molecule has 4 heteroatoms. The van der Waals surface area contributed by atoms with Crippen LogP contribution in [-0.4, -0.2) is 19.0 Å². The molecular weight excluding hydrogens is 252 g/mol. The summed E-state index contributed by atoms with van der Waals surface area (Å²) in [6.07, 6.45) is 0. The minimum Gasteiger partial charge on any atom is -0.329 e. The lowest BCUT2D eigenvalue weighted by molar-refractivity contribution is -0.249. The van der Waals surface area contributed by atoms with E-state index in [9.17, 15) is 0 Å². The molecule has 0 radical (unpaired) electrons. The number of fused-ring (bicyclic) bond motifs is 1. The summed E-state index contributed by atoms with van der Waals surface area (Å²) in [6, 6.07) is 6.16. The second-order valence-electron chi connectivity index (χ2n) is 5.99. The molecule has 0 aromatic heterocycles. The van der Waals surface area contributed by atoms with Gasteiger partial charge in [-0.2, -0.15) is 0 Å². The highest BCUT2D eigenvalue weighted by atomic mass is 16.7. The van der Waals surface area contributed by atoms with Crippen LogP contribution < -0.4 is 5.32 Å². The second kappa shape index (κ2) is 5.19. The Morgan fingerprint density at radius 1 is 1.15 bits per heavy atom. The van der Waals surface area contributed by atoms with Crippen molar-refractivity contribution in [3.05, 3.63) is 34.9 Å². The van der Waals surface area contributed by atoms with Crippen molar-refractivity contribution in [2.75, 3.05) is 13.2 Å². The summed E-state index contributed by atoms with van der Waals surface area (Å²) in [4.78, 5) is 0. The van der Waals surface area contributed by atoms with Crippen LogP contribution in [-0.2, 0) is 20.8 Å². The van der Waals surface area contributed by atoms with Crippen molar-refractivity contribution in [3.63, 3.8) is 0 Å². The summed E-state index contributed by atoms with van der Waals surface area (Å²) < 4.78 is 11.6. The minimum atomic E-state index is -1.01. The third-order valence-electron chi connectivity index (χ3n) is 3.49. The lowest BCUT2D eigenvalue weighted by atomic mass is 9.85. The summed E-state index contributed by atoms with van der Waals surface area (Å²) in [5.74, 6) is -0.653. The molecular formula is C16H24N2O2. The van der Waals surface area contributed by atoms with Crippen molar-refractivity contribution in [2.45, 2.75) is 45.9 Å². The van der Waals surface area contributed by atoms with E-state index < -0.39 is 5.91 Å². The first-order chi connectivity index (χ1) is 9.34. The average molecular weight is 276 g/mol. The first-order valence-electron chi connectivity index (χ1n) is 7.14. The normalized spacial score (nSPS) is 16.9. The van der Waals surface area contributed by atoms with Gasteiger partial charge >= 0.3 is 0 Å². The molecule has 1 heterocycles. The maximum Gasteiger partial charge on any atom is 0.279 e. The van der Waals surface area contributed by atoms with E-state index in [2.05, 4.69) is 38.2 Å². The Bertz CT molecular complexity index is 512. The number of nitrogens with one attached hydrogen (secondary N) is 2. The van der Waals surface area contributed by atoms with Gasteiger partial charge in [-0.05, 0) is 30.9 Å². The van der Waals surface area contributed by atoms with Crippen LogP contribution in [0.1, 0.15) is 51.3 Å². The van der Waals surface area contributed by atoms with Gasteiger partial charge in [-0.1, -0.05) is 32.9 Å². The van der Waals surface area contributed by atoms with E-state index in [0.29, 0.717) is 19.0 Å². The first kappa shape index (κ1) is 15.0. The molecule has 0 amide bonds. The molecule has 0 aliphatic carbocycles. The van der Waals surface area contributed by atoms with Gasteiger partial charge in [0.05, 0.1) is 0 Å². The predicted octanol–water partition coefficient (Wildman–Crippen LogP) is 3.10. The monoisotopic (exact) mass is 276 g/mol.